The molecular formula is C27H28N2O7S. The Morgan fingerprint density at radius 1 is 0.838 bits per heavy atom. The monoisotopic (exact) mass is 524 g/mol. The van der Waals surface area contributed by atoms with E-state index in [1.54, 1.807) is 45.0 Å². The van der Waals surface area contributed by atoms with Crippen molar-refractivity contribution in [1.82, 2.24) is 5.32 Å². The quantitative estimate of drug-likeness (QED) is 0.321. The molecule has 0 spiro atoms. The van der Waals surface area contributed by atoms with Gasteiger partial charge in [0.1, 0.15) is 18.9 Å². The summed E-state index contributed by atoms with van der Waals surface area (Å²) in [7, 11) is -4.08. The Bertz CT molecular complexity index is 1360. The van der Waals surface area contributed by atoms with Gasteiger partial charge in [0.15, 0.2) is 0 Å². The van der Waals surface area contributed by atoms with Crippen LogP contribution in [0.5, 0.6) is 5.75 Å². The van der Waals surface area contributed by atoms with Gasteiger partial charge in [-0.15, -0.1) is 0 Å². The molecule has 0 saturated carbocycles. The standard InChI is InChI=1S/C27H28N2O7S/c1-27(2,3)26(32)36-20-13-15-21(16-14-20)37(33,34)29-23-12-8-7-11-22(23)25(31)28-17-24(30)35-18-19-9-5-4-6-10-19/h4-16,29H,17-18H2,1-3H3,(H,28,31). The average Bonchev–Trinajstić information content (AvgIpc) is 2.86. The number of rotatable bonds is 9. The van der Waals surface area contributed by atoms with E-state index in [4.69, 9.17) is 9.47 Å². The van der Waals surface area contributed by atoms with Crippen molar-refractivity contribution in [2.75, 3.05) is 11.3 Å². The number of nitrogens with one attached hydrogen (secondary N) is 2. The largest absolute Gasteiger partial charge is 0.460 e. The van der Waals surface area contributed by atoms with Crippen LogP contribution in [-0.2, 0) is 31.0 Å². The summed E-state index contributed by atoms with van der Waals surface area (Å²) in [6.07, 6.45) is 0. The van der Waals surface area contributed by atoms with Gasteiger partial charge >= 0.3 is 11.9 Å². The first-order chi connectivity index (χ1) is 17.5. The second kappa shape index (κ2) is 11.7. The predicted octanol–water partition coefficient (Wildman–Crippen LogP) is 3.91. The van der Waals surface area contributed by atoms with Gasteiger partial charge in [0.25, 0.3) is 15.9 Å². The lowest BCUT2D eigenvalue weighted by Gasteiger charge is -2.16. The lowest BCUT2D eigenvalue weighted by molar-refractivity contribution is -0.144. The number of hydrogen-bond donors (Lipinski definition) is 2. The molecule has 10 heteroatoms. The molecule has 0 aliphatic rings. The zero-order chi connectivity index (χ0) is 27.1. The summed E-state index contributed by atoms with van der Waals surface area (Å²) >= 11 is 0. The number of benzene rings is 3. The molecular weight excluding hydrogens is 496 g/mol. The van der Waals surface area contributed by atoms with E-state index in [1.165, 1.54) is 36.4 Å². The van der Waals surface area contributed by atoms with E-state index in [0.29, 0.717) is 0 Å². The van der Waals surface area contributed by atoms with E-state index in [0.717, 1.165) is 5.56 Å². The fraction of sp³-hybridized carbons (Fsp3) is 0.222. The van der Waals surface area contributed by atoms with Crippen LogP contribution in [-0.4, -0.2) is 32.8 Å². The number of sulfonamides is 1. The number of amides is 1. The molecule has 194 valence electrons. The van der Waals surface area contributed by atoms with E-state index in [1.807, 2.05) is 18.2 Å². The summed E-state index contributed by atoms with van der Waals surface area (Å²) in [5.74, 6) is -1.54. The number of carbonyl (C=O) groups is 3. The summed E-state index contributed by atoms with van der Waals surface area (Å²) in [6.45, 7) is 4.81. The summed E-state index contributed by atoms with van der Waals surface area (Å²) in [6, 6.07) is 20.4. The van der Waals surface area contributed by atoms with Gasteiger partial charge in [-0.1, -0.05) is 42.5 Å². The van der Waals surface area contributed by atoms with E-state index in [2.05, 4.69) is 10.0 Å². The lowest BCUT2D eigenvalue weighted by Crippen LogP contribution is -2.31. The summed E-state index contributed by atoms with van der Waals surface area (Å²) in [5, 5.41) is 2.44. The molecule has 0 fully saturated rings. The SMILES string of the molecule is CC(C)(C)C(=O)Oc1ccc(S(=O)(=O)Nc2ccccc2C(=O)NCC(=O)OCc2ccccc2)cc1. The Morgan fingerprint density at radius 2 is 1.46 bits per heavy atom. The van der Waals surface area contributed by atoms with E-state index < -0.39 is 33.3 Å². The fourth-order valence-corrected chi connectivity index (χ4v) is 4.04. The minimum atomic E-state index is -4.08. The molecule has 1 amide bonds. The normalized spacial score (nSPS) is 11.3. The molecule has 0 bridgehead atoms. The van der Waals surface area contributed by atoms with Gasteiger partial charge in [-0.25, -0.2) is 8.42 Å². The molecule has 3 aromatic carbocycles. The number of hydrogen-bond acceptors (Lipinski definition) is 7. The number of ether oxygens (including phenoxy) is 2. The summed E-state index contributed by atoms with van der Waals surface area (Å²) < 4.78 is 38.6. The Kier molecular flexibility index (Phi) is 8.67. The van der Waals surface area contributed by atoms with Crippen molar-refractivity contribution in [3.63, 3.8) is 0 Å². The lowest BCUT2D eigenvalue weighted by atomic mass is 9.97. The van der Waals surface area contributed by atoms with Crippen LogP contribution in [0.4, 0.5) is 5.69 Å². The third-order valence-corrected chi connectivity index (χ3v) is 6.39. The Morgan fingerprint density at radius 3 is 2.11 bits per heavy atom. The van der Waals surface area contributed by atoms with E-state index >= 15 is 0 Å². The Hall–Kier alpha value is -4.18. The second-order valence-corrected chi connectivity index (χ2v) is 10.8. The first-order valence-electron chi connectivity index (χ1n) is 11.4. The minimum Gasteiger partial charge on any atom is -0.460 e. The molecule has 0 aliphatic carbocycles. The smallest absolute Gasteiger partial charge is 0.325 e. The van der Waals surface area contributed by atoms with Gasteiger partial charge in [-0.3, -0.25) is 19.1 Å². The molecule has 2 N–H and O–H groups in total. The molecule has 0 aliphatic heterocycles. The Labute approximate surface area is 215 Å². The second-order valence-electron chi connectivity index (χ2n) is 9.09. The predicted molar refractivity (Wildman–Crippen MR) is 137 cm³/mol. The zero-order valence-electron chi connectivity index (χ0n) is 20.7. The molecule has 0 heterocycles. The van der Waals surface area contributed by atoms with E-state index in [-0.39, 0.29) is 35.0 Å². The van der Waals surface area contributed by atoms with Gasteiger partial charge in [-0.2, -0.15) is 0 Å². The molecule has 3 rings (SSSR count). The summed E-state index contributed by atoms with van der Waals surface area (Å²) in [5.41, 5.74) is 0.149. The van der Waals surface area contributed by atoms with Crippen LogP contribution < -0.4 is 14.8 Å². The molecule has 0 atom stereocenters. The summed E-state index contributed by atoms with van der Waals surface area (Å²) in [4.78, 5) is 36.7. The maximum absolute atomic E-state index is 12.9. The van der Waals surface area contributed by atoms with E-state index in [9.17, 15) is 22.8 Å². The number of esters is 2. The van der Waals surface area contributed by atoms with Crippen LogP contribution in [0.2, 0.25) is 0 Å². The van der Waals surface area contributed by atoms with Gasteiger partial charge in [0, 0.05) is 0 Å². The highest BCUT2D eigenvalue weighted by Gasteiger charge is 2.24. The van der Waals surface area contributed by atoms with Crippen LogP contribution in [0.1, 0.15) is 36.7 Å². The number of anilines is 1. The van der Waals surface area contributed by atoms with Crippen LogP contribution in [0.25, 0.3) is 0 Å². The number of para-hydroxylation sites is 1. The third kappa shape index (κ3) is 7.91. The fourth-order valence-electron chi connectivity index (χ4n) is 2.96. The van der Waals surface area contributed by atoms with Crippen molar-refractivity contribution < 1.29 is 32.3 Å². The highest BCUT2D eigenvalue weighted by atomic mass is 32.2. The maximum atomic E-state index is 12.9. The zero-order valence-corrected chi connectivity index (χ0v) is 21.5. The molecule has 0 unspecified atom stereocenters. The van der Waals surface area contributed by atoms with Gasteiger partial charge in [0.05, 0.1) is 21.6 Å². The first-order valence-corrected chi connectivity index (χ1v) is 12.9. The topological polar surface area (TPSA) is 128 Å². The van der Waals surface area contributed by atoms with Crippen molar-refractivity contribution in [1.29, 1.82) is 0 Å². The van der Waals surface area contributed by atoms with Crippen LogP contribution >= 0.6 is 0 Å². The molecule has 0 saturated heterocycles. The van der Waals surface area contributed by atoms with Gasteiger partial charge in [0.2, 0.25) is 0 Å². The van der Waals surface area contributed by atoms with Crippen molar-refractivity contribution in [2.45, 2.75) is 32.3 Å². The van der Waals surface area contributed by atoms with Crippen LogP contribution in [0.15, 0.2) is 83.8 Å². The average molecular weight is 525 g/mol. The third-order valence-electron chi connectivity index (χ3n) is 5.01. The highest BCUT2D eigenvalue weighted by molar-refractivity contribution is 7.92. The molecule has 0 aromatic heterocycles. The first kappa shape index (κ1) is 27.4. The van der Waals surface area contributed by atoms with Crippen molar-refractivity contribution in [3.05, 3.63) is 90.0 Å². The Balaban J connectivity index is 1.63. The minimum absolute atomic E-state index is 0.0256. The van der Waals surface area contributed by atoms with Crippen molar-refractivity contribution in [2.24, 2.45) is 5.41 Å². The maximum Gasteiger partial charge on any atom is 0.325 e. The van der Waals surface area contributed by atoms with Crippen molar-refractivity contribution in [3.8, 4) is 5.75 Å². The van der Waals surface area contributed by atoms with Crippen LogP contribution in [0, 0.1) is 5.41 Å². The molecule has 0 radical (unpaired) electrons. The highest BCUT2D eigenvalue weighted by Crippen LogP contribution is 2.24. The van der Waals surface area contributed by atoms with Gasteiger partial charge < -0.3 is 14.8 Å². The molecule has 37 heavy (non-hydrogen) atoms. The molecule has 3 aromatic rings. The molecule has 9 nitrogen and oxygen atoms in total. The van der Waals surface area contributed by atoms with Crippen molar-refractivity contribution >= 4 is 33.6 Å². The van der Waals surface area contributed by atoms with Gasteiger partial charge in [-0.05, 0) is 62.7 Å². The van der Waals surface area contributed by atoms with Crippen LogP contribution in [0.3, 0.4) is 0 Å². The number of carbonyl (C=O) groups excluding carboxylic acids is 3.